The minimum Gasteiger partial charge on any atom is -0.491 e. The average Bonchev–Trinajstić information content (AvgIpc) is 3.13. The van der Waals surface area contributed by atoms with E-state index in [0.717, 1.165) is 38.0 Å². The zero-order valence-electron chi connectivity index (χ0n) is 14.6. The standard InChI is InChI=1S/C19H26N2O4/c1-13-4-5-15(18(20)22)11-21(13)19(23)14-6-8-16(9-7-14)25-12-17-3-2-10-24-17/h6-9,13,15,17H,2-5,10-12H2,1H3,(H2,20,22)/t13-,15+,17+/m1/s1. The van der Waals surface area contributed by atoms with Crippen LogP contribution in [0.3, 0.4) is 0 Å². The molecule has 6 nitrogen and oxygen atoms in total. The summed E-state index contributed by atoms with van der Waals surface area (Å²) >= 11 is 0. The second-order valence-corrected chi connectivity index (χ2v) is 6.95. The molecule has 2 amide bonds. The number of hydrogen-bond acceptors (Lipinski definition) is 4. The van der Waals surface area contributed by atoms with Gasteiger partial charge in [-0.05, 0) is 56.9 Å². The van der Waals surface area contributed by atoms with Crippen LogP contribution in [0.5, 0.6) is 5.75 Å². The summed E-state index contributed by atoms with van der Waals surface area (Å²) in [6, 6.07) is 7.27. The van der Waals surface area contributed by atoms with Crippen molar-refractivity contribution in [2.45, 2.75) is 44.8 Å². The molecule has 2 aliphatic rings. The summed E-state index contributed by atoms with van der Waals surface area (Å²) in [6.45, 7) is 3.75. The molecule has 1 aromatic rings. The third kappa shape index (κ3) is 4.31. The van der Waals surface area contributed by atoms with Gasteiger partial charge in [-0.15, -0.1) is 0 Å². The van der Waals surface area contributed by atoms with Gasteiger partial charge in [-0.25, -0.2) is 0 Å². The van der Waals surface area contributed by atoms with Gasteiger partial charge in [0.1, 0.15) is 12.4 Å². The summed E-state index contributed by atoms with van der Waals surface area (Å²) < 4.78 is 11.3. The molecule has 2 saturated heterocycles. The van der Waals surface area contributed by atoms with E-state index in [1.54, 1.807) is 17.0 Å². The molecule has 0 saturated carbocycles. The van der Waals surface area contributed by atoms with Crippen molar-refractivity contribution in [2.75, 3.05) is 19.8 Å². The molecular weight excluding hydrogens is 320 g/mol. The van der Waals surface area contributed by atoms with E-state index in [1.807, 2.05) is 19.1 Å². The summed E-state index contributed by atoms with van der Waals surface area (Å²) in [5.74, 6) is 0.0784. The zero-order valence-corrected chi connectivity index (χ0v) is 14.6. The molecule has 0 unspecified atom stereocenters. The molecule has 6 heteroatoms. The van der Waals surface area contributed by atoms with Crippen molar-refractivity contribution < 1.29 is 19.1 Å². The Morgan fingerprint density at radius 1 is 1.24 bits per heavy atom. The molecule has 2 N–H and O–H groups in total. The van der Waals surface area contributed by atoms with E-state index >= 15 is 0 Å². The number of amides is 2. The first-order chi connectivity index (χ1) is 12.0. The highest BCUT2D eigenvalue weighted by molar-refractivity contribution is 5.95. The summed E-state index contributed by atoms with van der Waals surface area (Å²) in [4.78, 5) is 26.0. The fourth-order valence-electron chi connectivity index (χ4n) is 3.45. The molecule has 0 radical (unpaired) electrons. The summed E-state index contributed by atoms with van der Waals surface area (Å²) in [5, 5.41) is 0. The number of piperidine rings is 1. The number of nitrogens with zero attached hydrogens (tertiary/aromatic N) is 1. The molecular formula is C19H26N2O4. The Kier molecular flexibility index (Phi) is 5.58. The molecule has 2 aliphatic heterocycles. The molecule has 25 heavy (non-hydrogen) atoms. The van der Waals surface area contributed by atoms with Crippen LogP contribution in [0, 0.1) is 5.92 Å². The fourth-order valence-corrected chi connectivity index (χ4v) is 3.45. The molecule has 136 valence electrons. The van der Waals surface area contributed by atoms with Gasteiger partial charge in [0.25, 0.3) is 5.91 Å². The van der Waals surface area contributed by atoms with Gasteiger partial charge < -0.3 is 20.1 Å². The topological polar surface area (TPSA) is 81.9 Å². The molecule has 2 heterocycles. The number of nitrogens with two attached hydrogens (primary N) is 1. The van der Waals surface area contributed by atoms with Crippen LogP contribution in [0.2, 0.25) is 0 Å². The third-order valence-electron chi connectivity index (χ3n) is 5.11. The Bertz CT molecular complexity index is 610. The lowest BCUT2D eigenvalue weighted by Crippen LogP contribution is -2.48. The van der Waals surface area contributed by atoms with Crippen LogP contribution in [0.15, 0.2) is 24.3 Å². The summed E-state index contributed by atoms with van der Waals surface area (Å²) in [5.41, 5.74) is 6.01. The lowest BCUT2D eigenvalue weighted by Gasteiger charge is -2.37. The minimum atomic E-state index is -0.331. The third-order valence-corrected chi connectivity index (χ3v) is 5.11. The van der Waals surface area contributed by atoms with Gasteiger partial charge in [-0.3, -0.25) is 9.59 Å². The molecule has 3 rings (SSSR count). The molecule has 3 atom stereocenters. The van der Waals surface area contributed by atoms with E-state index in [0.29, 0.717) is 18.7 Å². The van der Waals surface area contributed by atoms with Crippen LogP contribution in [-0.2, 0) is 9.53 Å². The lowest BCUT2D eigenvalue weighted by molar-refractivity contribution is -0.123. The van der Waals surface area contributed by atoms with Crippen molar-refractivity contribution in [3.63, 3.8) is 0 Å². The maximum Gasteiger partial charge on any atom is 0.254 e. The fraction of sp³-hybridized carbons (Fsp3) is 0.579. The van der Waals surface area contributed by atoms with E-state index < -0.39 is 0 Å². The van der Waals surface area contributed by atoms with Crippen molar-refractivity contribution in [1.29, 1.82) is 0 Å². The maximum absolute atomic E-state index is 12.8. The van der Waals surface area contributed by atoms with Crippen LogP contribution in [-0.4, -0.2) is 48.6 Å². The molecule has 0 spiro atoms. The van der Waals surface area contributed by atoms with Crippen LogP contribution in [0.4, 0.5) is 0 Å². The van der Waals surface area contributed by atoms with Crippen LogP contribution >= 0.6 is 0 Å². The second kappa shape index (κ2) is 7.87. The van der Waals surface area contributed by atoms with Crippen molar-refractivity contribution in [2.24, 2.45) is 11.7 Å². The minimum absolute atomic E-state index is 0.0656. The van der Waals surface area contributed by atoms with Gasteiger partial charge in [0.05, 0.1) is 12.0 Å². The molecule has 1 aromatic carbocycles. The number of primary amides is 1. The zero-order chi connectivity index (χ0) is 17.8. The highest BCUT2D eigenvalue weighted by atomic mass is 16.5. The second-order valence-electron chi connectivity index (χ2n) is 6.95. The van der Waals surface area contributed by atoms with Gasteiger partial charge in [-0.1, -0.05) is 0 Å². The first kappa shape index (κ1) is 17.7. The highest BCUT2D eigenvalue weighted by Gasteiger charge is 2.32. The first-order valence-corrected chi connectivity index (χ1v) is 8.99. The number of likely N-dealkylation sites (tertiary alicyclic amines) is 1. The predicted octanol–water partition coefficient (Wildman–Crippen LogP) is 1.97. The Balaban J connectivity index is 1.60. The molecule has 2 fully saturated rings. The lowest BCUT2D eigenvalue weighted by atomic mass is 9.92. The van der Waals surface area contributed by atoms with E-state index in [4.69, 9.17) is 15.2 Å². The van der Waals surface area contributed by atoms with Gasteiger partial charge in [-0.2, -0.15) is 0 Å². The van der Waals surface area contributed by atoms with Gasteiger partial charge in [0.15, 0.2) is 0 Å². The van der Waals surface area contributed by atoms with E-state index in [9.17, 15) is 9.59 Å². The van der Waals surface area contributed by atoms with Gasteiger partial charge in [0.2, 0.25) is 5.91 Å². The largest absolute Gasteiger partial charge is 0.491 e. The van der Waals surface area contributed by atoms with Gasteiger partial charge >= 0.3 is 0 Å². The van der Waals surface area contributed by atoms with Crippen molar-refractivity contribution in [1.82, 2.24) is 4.90 Å². The Morgan fingerprint density at radius 3 is 2.64 bits per heavy atom. The maximum atomic E-state index is 12.8. The average molecular weight is 346 g/mol. The predicted molar refractivity (Wildman–Crippen MR) is 93.3 cm³/mol. The number of benzene rings is 1. The number of carbonyl (C=O) groups excluding carboxylic acids is 2. The Labute approximate surface area is 148 Å². The molecule has 0 aromatic heterocycles. The number of hydrogen-bond donors (Lipinski definition) is 1. The smallest absolute Gasteiger partial charge is 0.254 e. The van der Waals surface area contributed by atoms with E-state index in [-0.39, 0.29) is 29.9 Å². The van der Waals surface area contributed by atoms with Crippen molar-refractivity contribution in [3.8, 4) is 5.75 Å². The summed E-state index contributed by atoms with van der Waals surface area (Å²) in [7, 11) is 0. The number of ether oxygens (including phenoxy) is 2. The monoisotopic (exact) mass is 346 g/mol. The Hall–Kier alpha value is -2.08. The SMILES string of the molecule is C[C@@H]1CC[C@H](C(N)=O)CN1C(=O)c1ccc(OC[C@@H]2CCCO2)cc1. The van der Waals surface area contributed by atoms with Crippen molar-refractivity contribution >= 4 is 11.8 Å². The van der Waals surface area contributed by atoms with E-state index in [2.05, 4.69) is 0 Å². The van der Waals surface area contributed by atoms with Crippen LogP contribution < -0.4 is 10.5 Å². The number of carbonyl (C=O) groups is 2. The van der Waals surface area contributed by atoms with Crippen molar-refractivity contribution in [3.05, 3.63) is 29.8 Å². The quantitative estimate of drug-likeness (QED) is 0.884. The van der Waals surface area contributed by atoms with E-state index in [1.165, 1.54) is 0 Å². The summed E-state index contributed by atoms with van der Waals surface area (Å²) in [6.07, 6.45) is 3.83. The Morgan fingerprint density at radius 2 is 2.00 bits per heavy atom. The van der Waals surface area contributed by atoms with Crippen LogP contribution in [0.25, 0.3) is 0 Å². The molecule has 0 bridgehead atoms. The number of rotatable bonds is 5. The molecule has 0 aliphatic carbocycles. The normalized spacial score (nSPS) is 26.4. The highest BCUT2D eigenvalue weighted by Crippen LogP contribution is 2.24. The van der Waals surface area contributed by atoms with Gasteiger partial charge in [0, 0.05) is 24.8 Å². The van der Waals surface area contributed by atoms with Crippen LogP contribution in [0.1, 0.15) is 43.0 Å². The first-order valence-electron chi connectivity index (χ1n) is 8.99.